The lowest BCUT2D eigenvalue weighted by atomic mass is 10.3. The fraction of sp³-hybridized carbons (Fsp3) is 0.300. The summed E-state index contributed by atoms with van der Waals surface area (Å²) in [7, 11) is 0. The second-order valence-electron chi connectivity index (χ2n) is 2.92. The lowest BCUT2D eigenvalue weighted by molar-refractivity contribution is -0.117. The van der Waals surface area contributed by atoms with Crippen molar-refractivity contribution in [2.75, 3.05) is 0 Å². The Kier molecular flexibility index (Phi) is 5.09. The highest BCUT2D eigenvalue weighted by atomic mass is 79.9. The average molecular weight is 356 g/mol. The van der Waals surface area contributed by atoms with E-state index in [0.717, 1.165) is 8.95 Å². The second kappa shape index (κ2) is 5.87. The van der Waals surface area contributed by atoms with Crippen molar-refractivity contribution < 1.29 is 9.53 Å². The zero-order valence-corrected chi connectivity index (χ0v) is 11.9. The molecular formula is C10H9Br2ClO2. The molecule has 0 bridgehead atoms. The summed E-state index contributed by atoms with van der Waals surface area (Å²) in [5.41, 5.74) is 0. The van der Waals surface area contributed by atoms with Gasteiger partial charge in [0, 0.05) is 8.95 Å². The molecule has 0 spiro atoms. The molecule has 0 aromatic heterocycles. The van der Waals surface area contributed by atoms with Gasteiger partial charge in [0.1, 0.15) is 5.75 Å². The van der Waals surface area contributed by atoms with Crippen LogP contribution in [0.4, 0.5) is 0 Å². The summed E-state index contributed by atoms with van der Waals surface area (Å²) in [5, 5.41) is -0.478. The van der Waals surface area contributed by atoms with Crippen LogP contribution in [-0.2, 0) is 4.79 Å². The third-order valence-corrected chi connectivity index (χ3v) is 2.90. The van der Waals surface area contributed by atoms with E-state index >= 15 is 0 Å². The average Bonchev–Trinajstić information content (AvgIpc) is 2.12. The lowest BCUT2D eigenvalue weighted by Gasteiger charge is -2.13. The molecule has 0 heterocycles. The molecule has 1 rings (SSSR count). The van der Waals surface area contributed by atoms with Gasteiger partial charge in [0.05, 0.1) is 0 Å². The maximum atomic E-state index is 11.0. The minimum Gasteiger partial charge on any atom is -0.481 e. The van der Waals surface area contributed by atoms with Crippen molar-refractivity contribution in [1.82, 2.24) is 0 Å². The maximum Gasteiger partial charge on any atom is 0.262 e. The highest BCUT2D eigenvalue weighted by Crippen LogP contribution is 2.26. The predicted octanol–water partition coefficient (Wildman–Crippen LogP) is 4.13. The summed E-state index contributed by atoms with van der Waals surface area (Å²) in [6.07, 6.45) is -0.0419. The van der Waals surface area contributed by atoms with Crippen LogP contribution in [-0.4, -0.2) is 11.3 Å². The van der Waals surface area contributed by atoms with Crippen molar-refractivity contribution in [3.05, 3.63) is 27.1 Å². The van der Waals surface area contributed by atoms with Crippen LogP contribution >= 0.6 is 43.5 Å². The van der Waals surface area contributed by atoms with Crippen LogP contribution < -0.4 is 4.74 Å². The molecule has 0 saturated carbocycles. The van der Waals surface area contributed by atoms with Crippen LogP contribution in [0.5, 0.6) is 5.75 Å². The molecule has 1 aromatic carbocycles. The highest BCUT2D eigenvalue weighted by molar-refractivity contribution is 9.11. The van der Waals surface area contributed by atoms with Gasteiger partial charge >= 0.3 is 0 Å². The van der Waals surface area contributed by atoms with Crippen molar-refractivity contribution >= 4 is 48.7 Å². The largest absolute Gasteiger partial charge is 0.481 e. The fourth-order valence-electron chi connectivity index (χ4n) is 1.05. The highest BCUT2D eigenvalue weighted by Gasteiger charge is 2.15. The minimum atomic E-state index is -0.590. The van der Waals surface area contributed by atoms with E-state index in [9.17, 15) is 4.79 Å². The molecule has 0 saturated heterocycles. The Balaban J connectivity index is 2.83. The number of benzene rings is 1. The lowest BCUT2D eigenvalue weighted by Crippen LogP contribution is -2.22. The molecule has 1 aromatic rings. The van der Waals surface area contributed by atoms with Crippen molar-refractivity contribution in [3.8, 4) is 5.75 Å². The molecule has 0 fully saturated rings. The van der Waals surface area contributed by atoms with Gasteiger partial charge in [0.15, 0.2) is 6.10 Å². The predicted molar refractivity (Wildman–Crippen MR) is 67.4 cm³/mol. The summed E-state index contributed by atoms with van der Waals surface area (Å²) < 4.78 is 7.20. The van der Waals surface area contributed by atoms with Gasteiger partial charge in [0.25, 0.3) is 5.24 Å². The third-order valence-electron chi connectivity index (χ3n) is 1.74. The van der Waals surface area contributed by atoms with Gasteiger partial charge in [-0.2, -0.15) is 0 Å². The Bertz CT molecular complexity index is 348. The number of carbonyl (C=O) groups excluding carboxylic acids is 1. The van der Waals surface area contributed by atoms with E-state index < -0.39 is 11.3 Å². The maximum absolute atomic E-state index is 11.0. The summed E-state index contributed by atoms with van der Waals surface area (Å²) in [5.74, 6) is 0.608. The van der Waals surface area contributed by atoms with E-state index in [4.69, 9.17) is 16.3 Å². The number of hydrogen-bond acceptors (Lipinski definition) is 2. The van der Waals surface area contributed by atoms with Crippen molar-refractivity contribution in [3.63, 3.8) is 0 Å². The standard InChI is InChI=1S/C10H9Br2ClO2/c1-2-9(10(13)14)15-8-4-6(11)3-7(12)5-8/h3-5,9H,2H2,1H3. The van der Waals surface area contributed by atoms with Gasteiger partial charge in [-0.05, 0) is 36.2 Å². The molecule has 1 atom stereocenters. The van der Waals surface area contributed by atoms with Gasteiger partial charge in [0.2, 0.25) is 0 Å². The Labute approximate surface area is 110 Å². The molecule has 0 aliphatic rings. The van der Waals surface area contributed by atoms with Crippen molar-refractivity contribution in [1.29, 1.82) is 0 Å². The SMILES string of the molecule is CCC(Oc1cc(Br)cc(Br)c1)C(=O)Cl. The summed E-state index contributed by atoms with van der Waals surface area (Å²) in [6.45, 7) is 1.85. The molecule has 15 heavy (non-hydrogen) atoms. The molecule has 0 radical (unpaired) electrons. The van der Waals surface area contributed by atoms with Crippen LogP contribution in [0, 0.1) is 0 Å². The van der Waals surface area contributed by atoms with Crippen molar-refractivity contribution in [2.45, 2.75) is 19.4 Å². The Morgan fingerprint density at radius 3 is 2.33 bits per heavy atom. The van der Waals surface area contributed by atoms with E-state index in [1.807, 2.05) is 13.0 Å². The van der Waals surface area contributed by atoms with Crippen molar-refractivity contribution in [2.24, 2.45) is 0 Å². The normalized spacial score (nSPS) is 12.3. The number of rotatable bonds is 4. The van der Waals surface area contributed by atoms with Gasteiger partial charge < -0.3 is 4.74 Å². The number of halogens is 3. The van der Waals surface area contributed by atoms with Gasteiger partial charge in [-0.1, -0.05) is 38.8 Å². The molecule has 2 nitrogen and oxygen atoms in total. The Hall–Kier alpha value is -0.0600. The van der Waals surface area contributed by atoms with Crippen LogP contribution in [0.15, 0.2) is 27.1 Å². The smallest absolute Gasteiger partial charge is 0.262 e. The first-order chi connectivity index (χ1) is 7.02. The first kappa shape index (κ1) is 13.0. The summed E-state index contributed by atoms with van der Waals surface area (Å²) in [4.78, 5) is 11.0. The van der Waals surface area contributed by atoms with E-state index in [1.165, 1.54) is 0 Å². The Morgan fingerprint density at radius 1 is 1.40 bits per heavy atom. The number of carbonyl (C=O) groups is 1. The third kappa shape index (κ3) is 4.13. The van der Waals surface area contributed by atoms with Gasteiger partial charge in [-0.3, -0.25) is 4.79 Å². The summed E-state index contributed by atoms with van der Waals surface area (Å²) in [6, 6.07) is 5.46. The first-order valence-electron chi connectivity index (χ1n) is 4.35. The zero-order chi connectivity index (χ0) is 11.4. The van der Waals surface area contributed by atoms with E-state index in [0.29, 0.717) is 12.2 Å². The topological polar surface area (TPSA) is 26.3 Å². The van der Waals surface area contributed by atoms with E-state index in [1.54, 1.807) is 12.1 Å². The molecule has 5 heteroatoms. The molecule has 0 aliphatic carbocycles. The van der Waals surface area contributed by atoms with Crippen LogP contribution in [0.1, 0.15) is 13.3 Å². The molecule has 82 valence electrons. The molecule has 1 unspecified atom stereocenters. The molecular weight excluding hydrogens is 347 g/mol. The van der Waals surface area contributed by atoms with Crippen LogP contribution in [0.2, 0.25) is 0 Å². The van der Waals surface area contributed by atoms with E-state index in [2.05, 4.69) is 31.9 Å². The second-order valence-corrected chi connectivity index (χ2v) is 5.13. The monoisotopic (exact) mass is 354 g/mol. The van der Waals surface area contributed by atoms with Crippen LogP contribution in [0.3, 0.4) is 0 Å². The minimum absolute atomic E-state index is 0.478. The number of ether oxygens (including phenoxy) is 1. The Morgan fingerprint density at radius 2 is 1.93 bits per heavy atom. The molecule has 0 N–H and O–H groups in total. The molecule has 0 aliphatic heterocycles. The number of hydrogen-bond donors (Lipinski definition) is 0. The van der Waals surface area contributed by atoms with Gasteiger partial charge in [-0.25, -0.2) is 0 Å². The molecule has 0 amide bonds. The first-order valence-corrected chi connectivity index (χ1v) is 6.31. The van der Waals surface area contributed by atoms with Crippen LogP contribution in [0.25, 0.3) is 0 Å². The van der Waals surface area contributed by atoms with Gasteiger partial charge in [-0.15, -0.1) is 0 Å². The quantitative estimate of drug-likeness (QED) is 0.758. The summed E-state index contributed by atoms with van der Waals surface area (Å²) >= 11 is 12.1. The fourth-order valence-corrected chi connectivity index (χ4v) is 2.50. The van der Waals surface area contributed by atoms with E-state index in [-0.39, 0.29) is 0 Å². The zero-order valence-electron chi connectivity index (χ0n) is 7.97.